The van der Waals surface area contributed by atoms with Crippen LogP contribution in [0.2, 0.25) is 0 Å². The second kappa shape index (κ2) is 4.62. The van der Waals surface area contributed by atoms with Crippen molar-refractivity contribution < 1.29 is 22.8 Å². The number of hydrazine groups is 1. The van der Waals surface area contributed by atoms with Crippen molar-refractivity contribution in [3.8, 4) is 0 Å². The Hall–Kier alpha value is -2.09. The average molecular weight is 233 g/mol. The van der Waals surface area contributed by atoms with Gasteiger partial charge in [0.25, 0.3) is 0 Å². The third-order valence-electron chi connectivity index (χ3n) is 1.58. The van der Waals surface area contributed by atoms with Crippen LogP contribution in [-0.2, 0) is 9.59 Å². The minimum atomic E-state index is -1.37. The number of hydrogen-bond acceptors (Lipinski definition) is 3. The van der Waals surface area contributed by atoms with E-state index in [0.29, 0.717) is 12.1 Å². The molecule has 0 aromatic heterocycles. The standard InChI is InChI=1S/C8H6F3N3O2/c9-3-1-4(10)6(5(11)2-3)13-7(15)8(16)14-12/h1-2H,12H2,(H,13,15)(H,14,16). The van der Waals surface area contributed by atoms with E-state index in [-0.39, 0.29) is 0 Å². The molecule has 0 atom stereocenters. The maximum absolute atomic E-state index is 13.0. The molecular formula is C8H6F3N3O2. The SMILES string of the molecule is NNC(=O)C(=O)Nc1c(F)cc(F)cc1F. The zero-order valence-electron chi connectivity index (χ0n) is 7.68. The highest BCUT2D eigenvalue weighted by Crippen LogP contribution is 2.19. The number of hydrogen-bond donors (Lipinski definition) is 3. The van der Waals surface area contributed by atoms with E-state index >= 15 is 0 Å². The van der Waals surface area contributed by atoms with Gasteiger partial charge >= 0.3 is 11.8 Å². The van der Waals surface area contributed by atoms with Gasteiger partial charge in [0.05, 0.1) is 0 Å². The molecular weight excluding hydrogens is 227 g/mol. The van der Waals surface area contributed by atoms with Gasteiger partial charge in [0.2, 0.25) is 0 Å². The molecule has 0 unspecified atom stereocenters. The van der Waals surface area contributed by atoms with Crippen molar-refractivity contribution in [1.29, 1.82) is 0 Å². The fraction of sp³-hybridized carbons (Fsp3) is 0. The highest BCUT2D eigenvalue weighted by molar-refractivity contribution is 6.39. The summed E-state index contributed by atoms with van der Waals surface area (Å²) in [5.41, 5.74) is 0.544. The Bertz CT molecular complexity index is 427. The van der Waals surface area contributed by atoms with Crippen LogP contribution in [0.1, 0.15) is 0 Å². The molecule has 0 bridgehead atoms. The second-order valence-corrected chi connectivity index (χ2v) is 2.67. The smallest absolute Gasteiger partial charge is 0.313 e. The molecule has 5 nitrogen and oxygen atoms in total. The molecule has 0 saturated carbocycles. The van der Waals surface area contributed by atoms with Crippen LogP contribution in [-0.4, -0.2) is 11.8 Å². The molecule has 0 aliphatic carbocycles. The predicted molar refractivity (Wildman–Crippen MR) is 47.3 cm³/mol. The van der Waals surface area contributed by atoms with E-state index in [1.807, 2.05) is 0 Å². The number of nitrogens with one attached hydrogen (secondary N) is 2. The van der Waals surface area contributed by atoms with Crippen molar-refractivity contribution in [2.45, 2.75) is 0 Å². The van der Waals surface area contributed by atoms with Crippen molar-refractivity contribution in [3.63, 3.8) is 0 Å². The van der Waals surface area contributed by atoms with Gasteiger partial charge in [0, 0.05) is 12.1 Å². The van der Waals surface area contributed by atoms with Gasteiger partial charge in [-0.15, -0.1) is 0 Å². The fourth-order valence-electron chi connectivity index (χ4n) is 0.897. The number of rotatable bonds is 1. The molecule has 8 heteroatoms. The summed E-state index contributed by atoms with van der Waals surface area (Å²) in [6.45, 7) is 0. The molecule has 0 aliphatic rings. The lowest BCUT2D eigenvalue weighted by atomic mass is 10.2. The topological polar surface area (TPSA) is 84.2 Å². The molecule has 1 aromatic rings. The number of anilines is 1. The first-order valence-corrected chi connectivity index (χ1v) is 3.92. The van der Waals surface area contributed by atoms with E-state index in [1.54, 1.807) is 5.32 Å². The van der Waals surface area contributed by atoms with E-state index in [0.717, 1.165) is 0 Å². The van der Waals surface area contributed by atoms with Crippen molar-refractivity contribution >= 4 is 17.5 Å². The largest absolute Gasteiger partial charge is 0.323 e. The van der Waals surface area contributed by atoms with Gasteiger partial charge in [-0.1, -0.05) is 0 Å². The minimum Gasteiger partial charge on any atom is -0.313 e. The van der Waals surface area contributed by atoms with Crippen molar-refractivity contribution in [1.82, 2.24) is 5.43 Å². The lowest BCUT2D eigenvalue weighted by Crippen LogP contribution is -2.39. The lowest BCUT2D eigenvalue weighted by Gasteiger charge is -2.06. The molecule has 0 heterocycles. The maximum Gasteiger partial charge on any atom is 0.323 e. The molecule has 2 amide bonds. The van der Waals surface area contributed by atoms with Gasteiger partial charge in [0.1, 0.15) is 11.5 Å². The second-order valence-electron chi connectivity index (χ2n) is 2.67. The Labute approximate surface area is 87.4 Å². The summed E-state index contributed by atoms with van der Waals surface area (Å²) in [4.78, 5) is 21.5. The summed E-state index contributed by atoms with van der Waals surface area (Å²) < 4.78 is 38.4. The first-order chi connectivity index (χ1) is 7.45. The molecule has 0 radical (unpaired) electrons. The molecule has 0 aliphatic heterocycles. The Morgan fingerprint density at radius 3 is 2.00 bits per heavy atom. The van der Waals surface area contributed by atoms with Crippen molar-refractivity contribution in [2.75, 3.05) is 5.32 Å². The Balaban J connectivity index is 2.98. The van der Waals surface area contributed by atoms with E-state index < -0.39 is 35.0 Å². The van der Waals surface area contributed by atoms with Crippen molar-refractivity contribution in [3.05, 3.63) is 29.6 Å². The van der Waals surface area contributed by atoms with Gasteiger partial charge in [0.15, 0.2) is 11.6 Å². The average Bonchev–Trinajstić information content (AvgIpc) is 2.21. The van der Waals surface area contributed by atoms with Gasteiger partial charge in [-0.2, -0.15) is 0 Å². The number of nitrogens with two attached hydrogens (primary N) is 1. The van der Waals surface area contributed by atoms with Gasteiger partial charge in [-0.05, 0) is 0 Å². The predicted octanol–water partition coefficient (Wildman–Crippen LogP) is 0.0323. The van der Waals surface area contributed by atoms with E-state index in [9.17, 15) is 22.8 Å². The molecule has 0 spiro atoms. The van der Waals surface area contributed by atoms with Crippen LogP contribution in [0.4, 0.5) is 18.9 Å². The van der Waals surface area contributed by atoms with Crippen molar-refractivity contribution in [2.24, 2.45) is 5.84 Å². The molecule has 16 heavy (non-hydrogen) atoms. The van der Waals surface area contributed by atoms with Crippen LogP contribution in [0.25, 0.3) is 0 Å². The van der Waals surface area contributed by atoms with Crippen LogP contribution >= 0.6 is 0 Å². The number of benzene rings is 1. The van der Waals surface area contributed by atoms with E-state index in [1.165, 1.54) is 5.43 Å². The summed E-state index contributed by atoms with van der Waals surface area (Å²) in [6, 6.07) is 0.720. The molecule has 4 N–H and O–H groups in total. The quantitative estimate of drug-likeness (QED) is 0.277. The molecule has 0 saturated heterocycles. The Kier molecular flexibility index (Phi) is 3.46. The number of carbonyl (C=O) groups is 2. The number of carbonyl (C=O) groups excluding carboxylic acids is 2. The normalized spacial score (nSPS) is 9.75. The minimum absolute atomic E-state index is 0.360. The Morgan fingerprint density at radius 2 is 1.56 bits per heavy atom. The molecule has 0 fully saturated rings. The maximum atomic E-state index is 13.0. The first-order valence-electron chi connectivity index (χ1n) is 3.92. The van der Waals surface area contributed by atoms with Gasteiger partial charge in [-0.3, -0.25) is 15.0 Å². The van der Waals surface area contributed by atoms with E-state index in [2.05, 4.69) is 5.84 Å². The van der Waals surface area contributed by atoms with Crippen LogP contribution in [0.3, 0.4) is 0 Å². The molecule has 1 rings (SSSR count). The highest BCUT2D eigenvalue weighted by atomic mass is 19.1. The molecule has 1 aromatic carbocycles. The number of amides is 2. The number of halogens is 3. The highest BCUT2D eigenvalue weighted by Gasteiger charge is 2.18. The molecule has 86 valence electrons. The lowest BCUT2D eigenvalue weighted by molar-refractivity contribution is -0.136. The first kappa shape index (κ1) is 12.0. The zero-order valence-corrected chi connectivity index (χ0v) is 7.68. The van der Waals surface area contributed by atoms with Crippen LogP contribution in [0.5, 0.6) is 0 Å². The monoisotopic (exact) mass is 233 g/mol. The summed E-state index contributed by atoms with van der Waals surface area (Å²) in [7, 11) is 0. The van der Waals surface area contributed by atoms with Crippen LogP contribution in [0, 0.1) is 17.5 Å². The van der Waals surface area contributed by atoms with Crippen LogP contribution < -0.4 is 16.6 Å². The summed E-state index contributed by atoms with van der Waals surface area (Å²) in [5, 5.41) is 1.61. The summed E-state index contributed by atoms with van der Waals surface area (Å²) in [6.07, 6.45) is 0. The zero-order chi connectivity index (χ0) is 12.3. The van der Waals surface area contributed by atoms with Gasteiger partial charge < -0.3 is 5.32 Å². The fourth-order valence-corrected chi connectivity index (χ4v) is 0.897. The van der Waals surface area contributed by atoms with Crippen LogP contribution in [0.15, 0.2) is 12.1 Å². The third-order valence-corrected chi connectivity index (χ3v) is 1.58. The van der Waals surface area contributed by atoms with E-state index in [4.69, 9.17) is 0 Å². The summed E-state index contributed by atoms with van der Waals surface area (Å²) >= 11 is 0. The summed E-state index contributed by atoms with van der Waals surface area (Å²) in [5.74, 6) is -1.86. The van der Waals surface area contributed by atoms with Gasteiger partial charge in [-0.25, -0.2) is 19.0 Å². The third kappa shape index (κ3) is 2.48. The Morgan fingerprint density at radius 1 is 1.06 bits per heavy atom.